The molecule has 2 aromatic heterocycles. The Labute approximate surface area is 104 Å². The Morgan fingerprint density at radius 2 is 2.11 bits per heavy atom. The summed E-state index contributed by atoms with van der Waals surface area (Å²) in [6.07, 6.45) is 1.73. The number of anilines is 1. The van der Waals surface area contributed by atoms with Crippen molar-refractivity contribution in [3.8, 4) is 0 Å². The molecule has 0 radical (unpaired) electrons. The molecule has 94 valence electrons. The number of rotatable bonds is 1. The molecule has 1 amide bonds. The number of fused-ring (bicyclic) bond motifs is 1. The van der Waals surface area contributed by atoms with Gasteiger partial charge in [-0.05, 0) is 12.1 Å². The summed E-state index contributed by atoms with van der Waals surface area (Å²) < 4.78 is 5.24. The molecule has 0 aliphatic carbocycles. The maximum Gasteiger partial charge on any atom is 0.219 e. The van der Waals surface area contributed by atoms with E-state index < -0.39 is 0 Å². The number of aromatic nitrogens is 2. The molecule has 6 nitrogen and oxygen atoms in total. The van der Waals surface area contributed by atoms with Gasteiger partial charge in [-0.3, -0.25) is 4.79 Å². The highest BCUT2D eigenvalue weighted by Crippen LogP contribution is 2.24. The van der Waals surface area contributed by atoms with E-state index in [0.717, 1.165) is 37.5 Å². The highest BCUT2D eigenvalue weighted by molar-refractivity contribution is 5.84. The summed E-state index contributed by atoms with van der Waals surface area (Å²) in [6, 6.07) is 3.68. The van der Waals surface area contributed by atoms with E-state index in [1.165, 1.54) is 0 Å². The fourth-order valence-electron chi connectivity index (χ4n) is 2.21. The van der Waals surface area contributed by atoms with Gasteiger partial charge >= 0.3 is 0 Å². The minimum absolute atomic E-state index is 0.123. The maximum absolute atomic E-state index is 11.3. The van der Waals surface area contributed by atoms with Gasteiger partial charge in [0.1, 0.15) is 0 Å². The predicted octanol–water partition coefficient (Wildman–Crippen LogP) is 0.891. The van der Waals surface area contributed by atoms with Gasteiger partial charge in [-0.2, -0.15) is 0 Å². The van der Waals surface area contributed by atoms with E-state index in [1.807, 2.05) is 17.0 Å². The Hall–Kier alpha value is -2.11. The molecular weight excluding hydrogens is 232 g/mol. The molecule has 0 N–H and O–H groups in total. The number of nitrogens with zero attached hydrogens (tertiary/aromatic N) is 4. The standard InChI is InChI=1S/C12H14N4O2/c1-9(17)15-5-7-16(8-6-15)12-11-10(18-14-12)3-2-4-13-11/h2-4H,5-8H2,1H3. The van der Waals surface area contributed by atoms with Crippen molar-refractivity contribution in [2.75, 3.05) is 31.1 Å². The number of amides is 1. The molecular formula is C12H14N4O2. The summed E-state index contributed by atoms with van der Waals surface area (Å²) in [5.41, 5.74) is 1.48. The highest BCUT2D eigenvalue weighted by atomic mass is 16.5. The van der Waals surface area contributed by atoms with E-state index in [2.05, 4.69) is 15.0 Å². The van der Waals surface area contributed by atoms with Crippen LogP contribution in [0.5, 0.6) is 0 Å². The van der Waals surface area contributed by atoms with Crippen molar-refractivity contribution in [1.82, 2.24) is 15.0 Å². The molecule has 0 saturated carbocycles. The average molecular weight is 246 g/mol. The van der Waals surface area contributed by atoms with Crippen LogP contribution in [-0.4, -0.2) is 47.1 Å². The smallest absolute Gasteiger partial charge is 0.219 e. The van der Waals surface area contributed by atoms with E-state index in [9.17, 15) is 4.79 Å². The van der Waals surface area contributed by atoms with E-state index in [4.69, 9.17) is 4.52 Å². The van der Waals surface area contributed by atoms with Crippen molar-refractivity contribution < 1.29 is 9.32 Å². The normalized spacial score (nSPS) is 16.3. The molecule has 0 atom stereocenters. The second-order valence-corrected chi connectivity index (χ2v) is 4.35. The average Bonchev–Trinajstić information content (AvgIpc) is 2.82. The second-order valence-electron chi connectivity index (χ2n) is 4.35. The fraction of sp³-hybridized carbons (Fsp3) is 0.417. The number of hydrogen-bond donors (Lipinski definition) is 0. The summed E-state index contributed by atoms with van der Waals surface area (Å²) in [7, 11) is 0. The molecule has 1 saturated heterocycles. The first kappa shape index (κ1) is 11.0. The molecule has 1 aliphatic rings. The zero-order chi connectivity index (χ0) is 12.5. The monoisotopic (exact) mass is 246 g/mol. The second kappa shape index (κ2) is 4.29. The van der Waals surface area contributed by atoms with Crippen molar-refractivity contribution in [2.45, 2.75) is 6.92 Å². The van der Waals surface area contributed by atoms with Crippen molar-refractivity contribution in [1.29, 1.82) is 0 Å². The zero-order valence-electron chi connectivity index (χ0n) is 10.2. The van der Waals surface area contributed by atoms with Crippen molar-refractivity contribution in [2.24, 2.45) is 0 Å². The van der Waals surface area contributed by atoms with Crippen molar-refractivity contribution in [3.63, 3.8) is 0 Å². The van der Waals surface area contributed by atoms with E-state index in [1.54, 1.807) is 13.1 Å². The van der Waals surface area contributed by atoms with Crippen LogP contribution >= 0.6 is 0 Å². The lowest BCUT2D eigenvalue weighted by Gasteiger charge is -2.33. The van der Waals surface area contributed by atoms with Crippen LogP contribution in [-0.2, 0) is 4.79 Å². The number of carbonyl (C=O) groups excluding carboxylic acids is 1. The maximum atomic E-state index is 11.3. The number of pyridine rings is 1. The Bertz CT molecular complexity index is 572. The Morgan fingerprint density at radius 1 is 1.33 bits per heavy atom. The predicted molar refractivity (Wildman–Crippen MR) is 66.3 cm³/mol. The van der Waals surface area contributed by atoms with Gasteiger partial charge in [-0.25, -0.2) is 4.98 Å². The Morgan fingerprint density at radius 3 is 2.83 bits per heavy atom. The Kier molecular flexibility index (Phi) is 2.62. The molecule has 0 unspecified atom stereocenters. The highest BCUT2D eigenvalue weighted by Gasteiger charge is 2.23. The van der Waals surface area contributed by atoms with Gasteiger partial charge in [0.25, 0.3) is 0 Å². The lowest BCUT2D eigenvalue weighted by Crippen LogP contribution is -2.48. The third-order valence-corrected chi connectivity index (χ3v) is 3.24. The van der Waals surface area contributed by atoms with Gasteiger partial charge in [0.15, 0.2) is 16.9 Å². The van der Waals surface area contributed by atoms with Gasteiger partial charge < -0.3 is 14.3 Å². The molecule has 0 aromatic carbocycles. The summed E-state index contributed by atoms with van der Waals surface area (Å²) in [5, 5.41) is 4.07. The van der Waals surface area contributed by atoms with Gasteiger partial charge in [0.2, 0.25) is 5.91 Å². The largest absolute Gasteiger partial charge is 0.352 e. The summed E-state index contributed by atoms with van der Waals surface area (Å²) in [6.45, 7) is 4.56. The summed E-state index contributed by atoms with van der Waals surface area (Å²) in [5.74, 6) is 0.895. The van der Waals surface area contributed by atoms with E-state index in [-0.39, 0.29) is 5.91 Å². The molecule has 0 spiro atoms. The van der Waals surface area contributed by atoms with Crippen LogP contribution < -0.4 is 4.90 Å². The van der Waals surface area contributed by atoms with Crippen LogP contribution in [0.4, 0.5) is 5.82 Å². The van der Waals surface area contributed by atoms with Crippen LogP contribution in [0.2, 0.25) is 0 Å². The molecule has 0 bridgehead atoms. The van der Waals surface area contributed by atoms with Crippen LogP contribution in [0.1, 0.15) is 6.92 Å². The number of piperazine rings is 1. The van der Waals surface area contributed by atoms with E-state index >= 15 is 0 Å². The zero-order valence-corrected chi connectivity index (χ0v) is 10.2. The third kappa shape index (κ3) is 1.79. The SMILES string of the molecule is CC(=O)N1CCN(c2noc3cccnc23)CC1. The minimum atomic E-state index is 0.123. The van der Waals surface area contributed by atoms with Crippen molar-refractivity contribution >= 4 is 22.8 Å². The first-order valence-electron chi connectivity index (χ1n) is 5.96. The number of carbonyl (C=O) groups is 1. The van der Waals surface area contributed by atoms with Crippen LogP contribution in [0.15, 0.2) is 22.9 Å². The van der Waals surface area contributed by atoms with Crippen LogP contribution in [0, 0.1) is 0 Å². The first-order valence-corrected chi connectivity index (χ1v) is 5.96. The fourth-order valence-corrected chi connectivity index (χ4v) is 2.21. The molecule has 3 rings (SSSR count). The van der Waals surface area contributed by atoms with Gasteiger partial charge in [0, 0.05) is 39.3 Å². The molecule has 2 aromatic rings. The molecule has 1 fully saturated rings. The van der Waals surface area contributed by atoms with Gasteiger partial charge in [0.05, 0.1) is 0 Å². The topological polar surface area (TPSA) is 62.5 Å². The molecule has 18 heavy (non-hydrogen) atoms. The van der Waals surface area contributed by atoms with Crippen LogP contribution in [0.3, 0.4) is 0 Å². The van der Waals surface area contributed by atoms with E-state index in [0.29, 0.717) is 5.58 Å². The Balaban J connectivity index is 1.82. The lowest BCUT2D eigenvalue weighted by atomic mass is 10.3. The van der Waals surface area contributed by atoms with Gasteiger partial charge in [-0.1, -0.05) is 5.16 Å². The van der Waals surface area contributed by atoms with Crippen LogP contribution in [0.25, 0.3) is 11.1 Å². The molecule has 6 heteroatoms. The quantitative estimate of drug-likeness (QED) is 0.747. The molecule has 3 heterocycles. The third-order valence-electron chi connectivity index (χ3n) is 3.24. The minimum Gasteiger partial charge on any atom is -0.352 e. The first-order chi connectivity index (χ1) is 8.75. The molecule has 1 aliphatic heterocycles. The summed E-state index contributed by atoms with van der Waals surface area (Å²) in [4.78, 5) is 19.5. The lowest BCUT2D eigenvalue weighted by molar-refractivity contribution is -0.129. The number of hydrogen-bond acceptors (Lipinski definition) is 5. The van der Waals surface area contributed by atoms with Crippen molar-refractivity contribution in [3.05, 3.63) is 18.3 Å². The van der Waals surface area contributed by atoms with Gasteiger partial charge in [-0.15, -0.1) is 0 Å². The summed E-state index contributed by atoms with van der Waals surface area (Å²) >= 11 is 0.